The second-order valence-corrected chi connectivity index (χ2v) is 12.1. The fourth-order valence-electron chi connectivity index (χ4n) is 5.47. The van der Waals surface area contributed by atoms with E-state index < -0.39 is 0 Å². The first-order chi connectivity index (χ1) is 21.1. The van der Waals surface area contributed by atoms with Gasteiger partial charge in [0.25, 0.3) is 0 Å². The van der Waals surface area contributed by atoms with Crippen LogP contribution in [0.1, 0.15) is 47.0 Å². The summed E-state index contributed by atoms with van der Waals surface area (Å²) in [6.45, 7) is 18.7. The Morgan fingerprint density at radius 1 is 0.756 bits per heavy atom. The van der Waals surface area contributed by atoms with Gasteiger partial charge in [0.2, 0.25) is 0 Å². The zero-order valence-corrected chi connectivity index (χ0v) is 29.9. The third-order valence-electron chi connectivity index (χ3n) is 8.00. The van der Waals surface area contributed by atoms with Crippen LogP contribution in [-0.4, -0.2) is 81.5 Å². The predicted octanol–water partition coefficient (Wildman–Crippen LogP) is 8.83. The highest BCUT2D eigenvalue weighted by molar-refractivity contribution is 7.99. The first kappa shape index (κ1) is 39.1. The third kappa shape index (κ3) is 12.2. The smallest absolute Gasteiger partial charge is 0.119 e. The summed E-state index contributed by atoms with van der Waals surface area (Å²) in [6, 6.07) is 25.9. The number of morpholine rings is 1. The normalized spacial score (nSPS) is 14.6. The molecule has 5 rings (SSSR count). The minimum Gasteiger partial charge on any atom is -0.494 e. The number of unbranched alkanes of at least 4 members (excludes halogenated alkanes) is 1. The van der Waals surface area contributed by atoms with Crippen molar-refractivity contribution in [2.75, 3.05) is 70.6 Å². The van der Waals surface area contributed by atoms with Gasteiger partial charge in [0.15, 0.2) is 0 Å². The molecular weight excluding hydrogens is 625 g/mol. The number of rotatable bonds is 14. The molecule has 1 fully saturated rings. The van der Waals surface area contributed by atoms with Gasteiger partial charge in [-0.15, -0.1) is 24.8 Å². The molecule has 3 aromatic rings. The van der Waals surface area contributed by atoms with E-state index in [9.17, 15) is 0 Å². The maximum absolute atomic E-state index is 5.76. The molecule has 0 amide bonds. The van der Waals surface area contributed by atoms with Crippen LogP contribution in [-0.2, 0) is 4.74 Å². The molecule has 0 aliphatic carbocycles. The predicted molar refractivity (Wildman–Crippen MR) is 195 cm³/mol. The molecule has 9 heteroatoms. The maximum atomic E-state index is 5.76. The van der Waals surface area contributed by atoms with Crippen molar-refractivity contribution in [2.24, 2.45) is 0 Å². The second-order valence-electron chi connectivity index (χ2n) is 11.0. The molecule has 1 unspecified atom stereocenters. The SMILES string of the molecule is CCCCOc1ccc(OCCCN2CCOCC2)cc1.CCN(CC)C(C)CN1c2ccccc2Sc2ccccc21.Cl.Cl. The fourth-order valence-corrected chi connectivity index (χ4v) is 6.57. The van der Waals surface area contributed by atoms with Crippen LogP contribution in [0.4, 0.5) is 11.4 Å². The summed E-state index contributed by atoms with van der Waals surface area (Å²) in [7, 11) is 0. The number of likely N-dealkylation sites (N-methyl/N-ethyl adjacent to an activating group) is 1. The summed E-state index contributed by atoms with van der Waals surface area (Å²) in [5.41, 5.74) is 2.68. The molecule has 45 heavy (non-hydrogen) atoms. The van der Waals surface area contributed by atoms with Crippen LogP contribution >= 0.6 is 36.6 Å². The Labute approximate surface area is 288 Å². The number of halogens is 2. The van der Waals surface area contributed by atoms with Crippen molar-refractivity contribution in [1.82, 2.24) is 9.80 Å². The average Bonchev–Trinajstić information content (AvgIpc) is 3.05. The van der Waals surface area contributed by atoms with Gasteiger partial charge in [-0.1, -0.05) is 63.2 Å². The largest absolute Gasteiger partial charge is 0.494 e. The molecule has 0 bridgehead atoms. The molecule has 1 saturated heterocycles. The minimum atomic E-state index is 0. The minimum absolute atomic E-state index is 0. The highest BCUT2D eigenvalue weighted by atomic mass is 35.5. The molecule has 0 spiro atoms. The van der Waals surface area contributed by atoms with Crippen LogP contribution in [0.25, 0.3) is 0 Å². The van der Waals surface area contributed by atoms with Crippen LogP contribution in [0.2, 0.25) is 0 Å². The van der Waals surface area contributed by atoms with Crippen molar-refractivity contribution in [2.45, 2.75) is 62.8 Å². The van der Waals surface area contributed by atoms with Crippen molar-refractivity contribution in [3.8, 4) is 11.5 Å². The molecule has 0 saturated carbocycles. The molecular formula is C36H53Cl2N3O3S. The van der Waals surface area contributed by atoms with Gasteiger partial charge in [0.05, 0.1) is 37.8 Å². The van der Waals surface area contributed by atoms with E-state index in [2.05, 4.69) is 90.9 Å². The van der Waals surface area contributed by atoms with Crippen molar-refractivity contribution >= 4 is 48.0 Å². The number of hydrogen-bond acceptors (Lipinski definition) is 7. The monoisotopic (exact) mass is 677 g/mol. The lowest BCUT2D eigenvalue weighted by atomic mass is 10.1. The van der Waals surface area contributed by atoms with Crippen LogP contribution in [0.15, 0.2) is 82.6 Å². The van der Waals surface area contributed by atoms with E-state index in [1.54, 1.807) is 0 Å². The van der Waals surface area contributed by atoms with Gasteiger partial charge in [0.1, 0.15) is 11.5 Å². The second kappa shape index (κ2) is 21.6. The Morgan fingerprint density at radius 3 is 1.78 bits per heavy atom. The molecule has 6 nitrogen and oxygen atoms in total. The third-order valence-corrected chi connectivity index (χ3v) is 9.13. The van der Waals surface area contributed by atoms with Crippen LogP contribution in [0.5, 0.6) is 11.5 Å². The summed E-state index contributed by atoms with van der Waals surface area (Å²) in [5, 5.41) is 0. The van der Waals surface area contributed by atoms with Gasteiger partial charge in [-0.05, 0) is 81.4 Å². The fraction of sp³-hybridized carbons (Fsp3) is 0.500. The molecule has 3 aromatic carbocycles. The molecule has 0 N–H and O–H groups in total. The quantitative estimate of drug-likeness (QED) is 0.158. The van der Waals surface area contributed by atoms with E-state index in [4.69, 9.17) is 14.2 Å². The van der Waals surface area contributed by atoms with E-state index in [0.29, 0.717) is 6.04 Å². The van der Waals surface area contributed by atoms with Crippen molar-refractivity contribution in [1.29, 1.82) is 0 Å². The Morgan fingerprint density at radius 2 is 1.27 bits per heavy atom. The molecule has 2 heterocycles. The van der Waals surface area contributed by atoms with Crippen molar-refractivity contribution in [3.63, 3.8) is 0 Å². The summed E-state index contributed by atoms with van der Waals surface area (Å²) in [6.07, 6.45) is 3.30. The lowest BCUT2D eigenvalue weighted by Crippen LogP contribution is -2.41. The van der Waals surface area contributed by atoms with Gasteiger partial charge in [-0.2, -0.15) is 0 Å². The molecule has 2 aliphatic heterocycles. The van der Waals surface area contributed by atoms with E-state index in [-0.39, 0.29) is 24.8 Å². The molecule has 250 valence electrons. The van der Waals surface area contributed by atoms with Gasteiger partial charge in [-0.25, -0.2) is 0 Å². The molecule has 0 aromatic heterocycles. The Bertz CT molecular complexity index is 1160. The summed E-state index contributed by atoms with van der Waals surface area (Å²) in [5.74, 6) is 1.84. The van der Waals surface area contributed by atoms with Gasteiger partial charge < -0.3 is 19.1 Å². The van der Waals surface area contributed by atoms with Crippen LogP contribution < -0.4 is 14.4 Å². The van der Waals surface area contributed by atoms with E-state index in [1.165, 1.54) is 21.2 Å². The number of nitrogens with zero attached hydrogens (tertiary/aromatic N) is 3. The number of para-hydroxylation sites is 2. The number of hydrogen-bond donors (Lipinski definition) is 0. The first-order valence-electron chi connectivity index (χ1n) is 16.2. The van der Waals surface area contributed by atoms with Gasteiger partial charge in [0, 0.05) is 42.0 Å². The molecule has 0 radical (unpaired) electrons. The Balaban J connectivity index is 0.000000301. The van der Waals surface area contributed by atoms with Crippen molar-refractivity contribution in [3.05, 3.63) is 72.8 Å². The standard InChI is InChI=1S/C19H24N2S.C17H27NO3.2ClH/c1-4-20(5-2)15(3)14-21-16-10-6-8-12-18(16)22-19-13-9-7-11-17(19)21;1-2-3-12-20-16-5-7-17(8-6-16)21-13-4-9-18-10-14-19-15-11-18;;/h6-13,15H,4-5,14H2,1-3H3;5-8H,2-4,9-15H2,1H3;2*1H. The maximum Gasteiger partial charge on any atom is 0.119 e. The molecule has 2 aliphatic rings. The first-order valence-corrected chi connectivity index (χ1v) is 17.0. The van der Waals surface area contributed by atoms with E-state index >= 15 is 0 Å². The average molecular weight is 679 g/mol. The number of ether oxygens (including phenoxy) is 3. The Kier molecular flexibility index (Phi) is 18.8. The summed E-state index contributed by atoms with van der Waals surface area (Å²) in [4.78, 5) is 10.1. The zero-order valence-electron chi connectivity index (χ0n) is 27.5. The van der Waals surface area contributed by atoms with Crippen LogP contribution in [0, 0.1) is 0 Å². The topological polar surface area (TPSA) is 37.4 Å². The number of anilines is 2. The van der Waals surface area contributed by atoms with Gasteiger partial charge >= 0.3 is 0 Å². The summed E-state index contributed by atoms with van der Waals surface area (Å²) < 4.78 is 16.7. The zero-order chi connectivity index (χ0) is 30.3. The molecule has 1 atom stereocenters. The van der Waals surface area contributed by atoms with E-state index in [0.717, 1.165) is 96.5 Å². The van der Waals surface area contributed by atoms with E-state index in [1.807, 2.05) is 36.0 Å². The lowest BCUT2D eigenvalue weighted by Gasteiger charge is -2.37. The Hall–Kier alpha value is -2.13. The lowest BCUT2D eigenvalue weighted by molar-refractivity contribution is 0.0358. The highest BCUT2D eigenvalue weighted by Crippen LogP contribution is 2.47. The highest BCUT2D eigenvalue weighted by Gasteiger charge is 2.25. The van der Waals surface area contributed by atoms with Crippen LogP contribution in [0.3, 0.4) is 0 Å². The van der Waals surface area contributed by atoms with Crippen molar-refractivity contribution < 1.29 is 14.2 Å². The summed E-state index contributed by atoms with van der Waals surface area (Å²) >= 11 is 1.88. The number of benzene rings is 3. The number of fused-ring (bicyclic) bond motifs is 2. The van der Waals surface area contributed by atoms with Gasteiger partial charge in [-0.3, -0.25) is 9.80 Å².